The number of phenolic OH excluding ortho intramolecular Hbond substituents is 1. The van der Waals surface area contributed by atoms with E-state index in [-0.39, 0.29) is 11.7 Å². The van der Waals surface area contributed by atoms with E-state index < -0.39 is 30.3 Å². The second-order valence-corrected chi connectivity index (χ2v) is 8.99. The Morgan fingerprint density at radius 2 is 1.66 bits per heavy atom. The molecule has 1 fully saturated rings. The third-order valence-electron chi connectivity index (χ3n) is 6.19. The fourth-order valence-electron chi connectivity index (χ4n) is 4.08. The summed E-state index contributed by atoms with van der Waals surface area (Å²) in [5.74, 6) is -2.39. The second kappa shape index (κ2) is 13.7. The van der Waals surface area contributed by atoms with E-state index in [1.165, 1.54) is 19.2 Å². The molecule has 4 rings (SSSR count). The van der Waals surface area contributed by atoms with E-state index in [0.29, 0.717) is 35.6 Å². The van der Waals surface area contributed by atoms with Gasteiger partial charge in [-0.25, -0.2) is 9.59 Å². The predicted molar refractivity (Wildman–Crippen MR) is 141 cm³/mol. The summed E-state index contributed by atoms with van der Waals surface area (Å²) in [4.78, 5) is 34.9. The Balaban J connectivity index is 0.000000587. The van der Waals surface area contributed by atoms with Gasteiger partial charge in [0.2, 0.25) is 0 Å². The van der Waals surface area contributed by atoms with Gasteiger partial charge in [0.05, 0.1) is 20.3 Å². The maximum Gasteiger partial charge on any atom is 0.490 e. The minimum Gasteiger partial charge on any atom is -0.508 e. The lowest BCUT2D eigenvalue weighted by Crippen LogP contribution is -2.49. The summed E-state index contributed by atoms with van der Waals surface area (Å²) >= 11 is 0. The van der Waals surface area contributed by atoms with Crippen LogP contribution in [0, 0.1) is 0 Å². The molecule has 0 aliphatic carbocycles. The van der Waals surface area contributed by atoms with Crippen molar-refractivity contribution in [3.63, 3.8) is 0 Å². The highest BCUT2D eigenvalue weighted by atomic mass is 19.4. The molecule has 1 aliphatic heterocycles. The summed E-state index contributed by atoms with van der Waals surface area (Å²) in [6.07, 6.45) is -4.20. The number of esters is 1. The van der Waals surface area contributed by atoms with Gasteiger partial charge in [-0.3, -0.25) is 4.79 Å². The molecule has 41 heavy (non-hydrogen) atoms. The van der Waals surface area contributed by atoms with Gasteiger partial charge in [0.1, 0.15) is 28.9 Å². The van der Waals surface area contributed by atoms with Crippen molar-refractivity contribution in [2.24, 2.45) is 0 Å². The molecule has 0 saturated carbocycles. The molecule has 220 valence electrons. The zero-order valence-electron chi connectivity index (χ0n) is 22.2. The standard InChI is InChI=1S/C26H28N2O6.C2HF3O2/c1-32-20-10-7-17-14-24(33-2)21(13-18(17)12-20)26(31)34-23-4-3-11-27-15-22(23)28-25(30)16-5-8-19(29)9-6-16;3-2(4,5)1(6)7/h5-10,12-14,22-23,27,29H,3-4,11,15H2,1-2H3,(H,28,30);(H,6,7)/t22-,23-;/m1./s1. The van der Waals surface area contributed by atoms with Crippen molar-refractivity contribution in [3.05, 3.63) is 65.7 Å². The zero-order chi connectivity index (χ0) is 30.2. The molecule has 0 radical (unpaired) electrons. The van der Waals surface area contributed by atoms with Crippen LogP contribution in [-0.2, 0) is 9.53 Å². The molecule has 4 N–H and O–H groups in total. The maximum absolute atomic E-state index is 13.2. The first-order valence-corrected chi connectivity index (χ1v) is 12.4. The van der Waals surface area contributed by atoms with Crippen molar-refractivity contribution in [1.29, 1.82) is 0 Å². The lowest BCUT2D eigenvalue weighted by atomic mass is 10.0. The lowest BCUT2D eigenvalue weighted by molar-refractivity contribution is -0.192. The van der Waals surface area contributed by atoms with Crippen molar-refractivity contribution >= 4 is 28.6 Å². The maximum atomic E-state index is 13.2. The molecule has 0 aromatic heterocycles. The van der Waals surface area contributed by atoms with Crippen LogP contribution in [0.1, 0.15) is 33.6 Å². The number of aromatic hydroxyl groups is 1. The van der Waals surface area contributed by atoms with Gasteiger partial charge in [0, 0.05) is 12.1 Å². The van der Waals surface area contributed by atoms with Crippen LogP contribution in [-0.4, -0.2) is 73.7 Å². The molecule has 1 aliphatic rings. The number of fused-ring (bicyclic) bond motifs is 1. The Morgan fingerprint density at radius 1 is 0.976 bits per heavy atom. The Labute approximate surface area is 233 Å². The number of carboxylic acid groups (broad SMARTS) is 1. The number of hydrogen-bond acceptors (Lipinski definition) is 8. The first-order chi connectivity index (χ1) is 19.4. The van der Waals surface area contributed by atoms with Crippen LogP contribution in [0.2, 0.25) is 0 Å². The summed E-state index contributed by atoms with van der Waals surface area (Å²) in [6, 6.07) is 14.7. The van der Waals surface area contributed by atoms with Crippen LogP contribution in [0.25, 0.3) is 10.8 Å². The minimum atomic E-state index is -5.08. The molecular weight excluding hydrogens is 549 g/mol. The van der Waals surface area contributed by atoms with Crippen LogP contribution < -0.4 is 20.1 Å². The number of alkyl halides is 3. The zero-order valence-corrected chi connectivity index (χ0v) is 22.2. The molecular formula is C28H29F3N2O8. The van der Waals surface area contributed by atoms with E-state index in [0.717, 1.165) is 23.7 Å². The summed E-state index contributed by atoms with van der Waals surface area (Å²) < 4.78 is 48.4. The lowest BCUT2D eigenvalue weighted by Gasteiger charge is -2.26. The SMILES string of the molecule is COc1ccc2cc(OC)c(C(=O)O[C@@H]3CCCNC[C@H]3NC(=O)c3ccc(O)cc3)cc2c1.O=C(O)C(F)(F)F. The Kier molecular flexibility index (Phi) is 10.4. The van der Waals surface area contributed by atoms with E-state index in [4.69, 9.17) is 24.1 Å². The van der Waals surface area contributed by atoms with Crippen LogP contribution >= 0.6 is 0 Å². The molecule has 3 aromatic rings. The summed E-state index contributed by atoms with van der Waals surface area (Å²) in [5, 5.41) is 24.6. The van der Waals surface area contributed by atoms with Crippen LogP contribution in [0.15, 0.2) is 54.6 Å². The highest BCUT2D eigenvalue weighted by Crippen LogP contribution is 2.30. The second-order valence-electron chi connectivity index (χ2n) is 8.99. The minimum absolute atomic E-state index is 0.0847. The Bertz CT molecular complexity index is 1380. The number of carbonyl (C=O) groups excluding carboxylic acids is 2. The van der Waals surface area contributed by atoms with Gasteiger partial charge in [-0.1, -0.05) is 6.07 Å². The number of carbonyl (C=O) groups is 3. The van der Waals surface area contributed by atoms with E-state index in [1.54, 1.807) is 31.4 Å². The molecule has 10 nitrogen and oxygen atoms in total. The summed E-state index contributed by atoms with van der Waals surface area (Å²) in [6.45, 7) is 1.23. The number of amides is 1. The van der Waals surface area contributed by atoms with Gasteiger partial charge >= 0.3 is 18.1 Å². The summed E-state index contributed by atoms with van der Waals surface area (Å²) in [5.41, 5.74) is 0.723. The Morgan fingerprint density at radius 3 is 2.27 bits per heavy atom. The van der Waals surface area contributed by atoms with Crippen LogP contribution in [0.5, 0.6) is 17.2 Å². The van der Waals surface area contributed by atoms with Crippen LogP contribution in [0.4, 0.5) is 13.2 Å². The van der Waals surface area contributed by atoms with Gasteiger partial charge < -0.3 is 35.1 Å². The predicted octanol–water partition coefficient (Wildman–Crippen LogP) is 3.90. The number of aliphatic carboxylic acids is 1. The normalized spacial score (nSPS) is 16.9. The van der Waals surface area contributed by atoms with E-state index in [9.17, 15) is 27.9 Å². The number of nitrogens with one attached hydrogen (secondary N) is 2. The smallest absolute Gasteiger partial charge is 0.490 e. The monoisotopic (exact) mass is 578 g/mol. The molecule has 0 unspecified atom stereocenters. The molecule has 3 aromatic carbocycles. The molecule has 2 atom stereocenters. The first kappa shape index (κ1) is 31.0. The topological polar surface area (TPSA) is 143 Å². The average molecular weight is 579 g/mol. The largest absolute Gasteiger partial charge is 0.508 e. The van der Waals surface area contributed by atoms with Crippen molar-refractivity contribution in [1.82, 2.24) is 10.6 Å². The number of rotatable bonds is 6. The quantitative estimate of drug-likeness (QED) is 0.320. The number of phenols is 1. The van der Waals surface area contributed by atoms with Gasteiger partial charge in [0.15, 0.2) is 0 Å². The number of halogens is 3. The number of carboxylic acids is 1. The number of benzene rings is 3. The summed E-state index contributed by atoms with van der Waals surface area (Å²) in [7, 11) is 3.10. The molecule has 0 bridgehead atoms. The van der Waals surface area contributed by atoms with E-state index in [1.807, 2.05) is 18.2 Å². The van der Waals surface area contributed by atoms with Crippen molar-refractivity contribution in [2.45, 2.75) is 31.2 Å². The van der Waals surface area contributed by atoms with Crippen molar-refractivity contribution in [2.75, 3.05) is 27.3 Å². The Hall–Kier alpha value is -4.52. The van der Waals surface area contributed by atoms with Gasteiger partial charge in [-0.2, -0.15) is 13.2 Å². The molecule has 13 heteroatoms. The fraction of sp³-hybridized carbons (Fsp3) is 0.321. The highest BCUT2D eigenvalue weighted by Gasteiger charge is 2.38. The highest BCUT2D eigenvalue weighted by molar-refractivity contribution is 5.99. The fourth-order valence-corrected chi connectivity index (χ4v) is 4.08. The molecule has 1 heterocycles. The molecule has 1 amide bonds. The third kappa shape index (κ3) is 8.48. The first-order valence-electron chi connectivity index (χ1n) is 12.4. The molecule has 0 spiro atoms. The third-order valence-corrected chi connectivity index (χ3v) is 6.19. The van der Waals surface area contributed by atoms with Crippen molar-refractivity contribution in [3.8, 4) is 17.2 Å². The number of hydrogen-bond donors (Lipinski definition) is 4. The van der Waals surface area contributed by atoms with E-state index >= 15 is 0 Å². The van der Waals surface area contributed by atoms with Gasteiger partial charge in [-0.05, 0) is 78.7 Å². The van der Waals surface area contributed by atoms with Gasteiger partial charge in [0.25, 0.3) is 5.91 Å². The van der Waals surface area contributed by atoms with Gasteiger partial charge in [-0.15, -0.1) is 0 Å². The number of ether oxygens (including phenoxy) is 3. The molecule has 1 saturated heterocycles. The van der Waals surface area contributed by atoms with Crippen molar-refractivity contribution < 1.29 is 52.0 Å². The van der Waals surface area contributed by atoms with E-state index in [2.05, 4.69) is 10.6 Å². The number of methoxy groups -OCH3 is 2. The average Bonchev–Trinajstić information content (AvgIpc) is 3.16. The van der Waals surface area contributed by atoms with Crippen LogP contribution in [0.3, 0.4) is 0 Å².